The monoisotopic (exact) mass is 474 g/mol. The number of carbonyl (C=O) groups is 1. The number of carbonyl (C=O) groups excluding carboxylic acids is 1. The molecule has 0 atom stereocenters. The molecule has 0 aliphatic carbocycles. The van der Waals surface area contributed by atoms with E-state index >= 15 is 0 Å². The maximum Gasteiger partial charge on any atom is 0.234 e. The number of nitrogens with zero attached hydrogens (tertiary/aromatic N) is 3. The second kappa shape index (κ2) is 11.4. The molecule has 0 bridgehead atoms. The van der Waals surface area contributed by atoms with E-state index in [0.29, 0.717) is 23.3 Å². The van der Waals surface area contributed by atoms with Crippen molar-refractivity contribution in [3.63, 3.8) is 0 Å². The Kier molecular flexibility index (Phi) is 7.83. The summed E-state index contributed by atoms with van der Waals surface area (Å²) in [5, 5.41) is 12.2. The number of ether oxygens (including phenoxy) is 2. The van der Waals surface area contributed by atoms with E-state index in [1.165, 1.54) is 11.8 Å². The van der Waals surface area contributed by atoms with Gasteiger partial charge in [0.15, 0.2) is 11.0 Å². The van der Waals surface area contributed by atoms with E-state index in [9.17, 15) is 4.79 Å². The quantitative estimate of drug-likeness (QED) is 0.315. The van der Waals surface area contributed by atoms with Crippen LogP contribution in [0.5, 0.6) is 11.5 Å². The normalized spacial score (nSPS) is 10.6. The molecule has 4 aromatic rings. The Hall–Kier alpha value is -3.78. The molecule has 0 aliphatic heterocycles. The van der Waals surface area contributed by atoms with Gasteiger partial charge in [0, 0.05) is 11.4 Å². The van der Waals surface area contributed by atoms with Crippen LogP contribution in [-0.4, -0.2) is 33.0 Å². The number of hydrogen-bond donors (Lipinski definition) is 1. The lowest BCUT2D eigenvalue weighted by atomic mass is 10.2. The molecule has 0 fully saturated rings. The Morgan fingerprint density at radius 2 is 1.74 bits per heavy atom. The van der Waals surface area contributed by atoms with Crippen LogP contribution < -0.4 is 14.8 Å². The van der Waals surface area contributed by atoms with Crippen LogP contribution in [0, 0.1) is 6.92 Å². The smallest absolute Gasteiger partial charge is 0.234 e. The van der Waals surface area contributed by atoms with E-state index in [2.05, 4.69) is 15.5 Å². The van der Waals surface area contributed by atoms with Crippen LogP contribution in [0.25, 0.3) is 5.69 Å². The second-order valence-corrected chi connectivity index (χ2v) is 8.41. The van der Waals surface area contributed by atoms with Gasteiger partial charge in [-0.05, 0) is 67.9 Å². The minimum atomic E-state index is -0.130. The predicted octanol–water partition coefficient (Wildman–Crippen LogP) is 5.28. The predicted molar refractivity (Wildman–Crippen MR) is 134 cm³/mol. The van der Waals surface area contributed by atoms with Crippen LogP contribution in [0.1, 0.15) is 18.3 Å². The van der Waals surface area contributed by atoms with Crippen LogP contribution >= 0.6 is 11.8 Å². The summed E-state index contributed by atoms with van der Waals surface area (Å²) in [6.07, 6.45) is 0. The van der Waals surface area contributed by atoms with Crippen LogP contribution in [0.15, 0.2) is 84.0 Å². The van der Waals surface area contributed by atoms with Gasteiger partial charge >= 0.3 is 0 Å². The highest BCUT2D eigenvalue weighted by Crippen LogP contribution is 2.24. The molecule has 0 radical (unpaired) electrons. The van der Waals surface area contributed by atoms with Crippen LogP contribution in [0.2, 0.25) is 0 Å². The highest BCUT2D eigenvalue weighted by atomic mass is 32.2. The maximum atomic E-state index is 12.5. The largest absolute Gasteiger partial charge is 0.494 e. The number of para-hydroxylation sites is 1. The first-order valence-corrected chi connectivity index (χ1v) is 12.0. The minimum absolute atomic E-state index is 0.130. The SMILES string of the molecule is CCOc1ccc(NC(=O)CSc2nnc(COc3cccc(C)c3)n2-c2ccccc2)cc1. The van der Waals surface area contributed by atoms with Gasteiger partial charge in [0.25, 0.3) is 0 Å². The standard InChI is InChI=1S/C26H26N4O3S/c1-3-32-22-14-12-20(13-15-22)27-25(31)18-34-26-29-28-24(30(26)21-9-5-4-6-10-21)17-33-23-11-7-8-19(2)16-23/h4-16H,3,17-18H2,1-2H3,(H,27,31). The molecule has 1 heterocycles. The van der Waals surface area contributed by atoms with Gasteiger partial charge in [-0.1, -0.05) is 42.1 Å². The van der Waals surface area contributed by atoms with E-state index < -0.39 is 0 Å². The summed E-state index contributed by atoms with van der Waals surface area (Å²) in [6, 6.07) is 25.0. The summed E-state index contributed by atoms with van der Waals surface area (Å²) in [4.78, 5) is 12.5. The molecule has 174 valence electrons. The Morgan fingerprint density at radius 3 is 2.47 bits per heavy atom. The third-order valence-electron chi connectivity index (χ3n) is 4.85. The van der Waals surface area contributed by atoms with Crippen molar-refractivity contribution in [3.8, 4) is 17.2 Å². The van der Waals surface area contributed by atoms with Gasteiger partial charge in [0.1, 0.15) is 18.1 Å². The number of thioether (sulfide) groups is 1. The highest BCUT2D eigenvalue weighted by Gasteiger charge is 2.16. The maximum absolute atomic E-state index is 12.5. The molecule has 0 aliphatic rings. The lowest BCUT2D eigenvalue weighted by Gasteiger charge is -2.11. The fourth-order valence-corrected chi connectivity index (χ4v) is 4.08. The first-order valence-electron chi connectivity index (χ1n) is 11.0. The fraction of sp³-hybridized carbons (Fsp3) is 0.192. The van der Waals surface area contributed by atoms with Gasteiger partial charge in [-0.3, -0.25) is 9.36 Å². The summed E-state index contributed by atoms with van der Waals surface area (Å²) in [7, 11) is 0. The average Bonchev–Trinajstić information content (AvgIpc) is 3.26. The van der Waals surface area contributed by atoms with Crippen molar-refractivity contribution in [1.29, 1.82) is 0 Å². The number of rotatable bonds is 10. The summed E-state index contributed by atoms with van der Waals surface area (Å²) >= 11 is 1.32. The van der Waals surface area contributed by atoms with Gasteiger partial charge in [-0.2, -0.15) is 0 Å². The van der Waals surface area contributed by atoms with E-state index in [-0.39, 0.29) is 18.3 Å². The summed E-state index contributed by atoms with van der Waals surface area (Å²) in [5.74, 6) is 2.26. The topological polar surface area (TPSA) is 78.3 Å². The van der Waals surface area contributed by atoms with E-state index in [1.807, 2.05) is 97.3 Å². The first kappa shape index (κ1) is 23.4. The molecule has 1 amide bonds. The Balaban J connectivity index is 1.45. The number of benzene rings is 3. The van der Waals surface area contributed by atoms with Gasteiger partial charge in [0.05, 0.1) is 12.4 Å². The number of hydrogen-bond acceptors (Lipinski definition) is 6. The van der Waals surface area contributed by atoms with Crippen molar-refractivity contribution in [2.24, 2.45) is 0 Å². The molecule has 7 nitrogen and oxygen atoms in total. The van der Waals surface area contributed by atoms with Crippen molar-refractivity contribution in [1.82, 2.24) is 14.8 Å². The average molecular weight is 475 g/mol. The zero-order valence-electron chi connectivity index (χ0n) is 19.1. The van der Waals surface area contributed by atoms with E-state index in [1.54, 1.807) is 0 Å². The number of aromatic nitrogens is 3. The highest BCUT2D eigenvalue weighted by molar-refractivity contribution is 7.99. The summed E-state index contributed by atoms with van der Waals surface area (Å²) in [6.45, 7) is 4.81. The lowest BCUT2D eigenvalue weighted by molar-refractivity contribution is -0.113. The third-order valence-corrected chi connectivity index (χ3v) is 5.78. The third kappa shape index (κ3) is 6.17. The zero-order valence-corrected chi connectivity index (χ0v) is 19.9. The number of aryl methyl sites for hydroxylation is 1. The van der Waals surface area contributed by atoms with Gasteiger partial charge in [-0.15, -0.1) is 10.2 Å². The Morgan fingerprint density at radius 1 is 0.941 bits per heavy atom. The molecule has 1 aromatic heterocycles. The van der Waals surface area contributed by atoms with Gasteiger partial charge < -0.3 is 14.8 Å². The number of amides is 1. The molecular weight excluding hydrogens is 448 g/mol. The van der Waals surface area contributed by atoms with Crippen molar-refractivity contribution < 1.29 is 14.3 Å². The van der Waals surface area contributed by atoms with Crippen LogP contribution in [-0.2, 0) is 11.4 Å². The van der Waals surface area contributed by atoms with Gasteiger partial charge in [-0.25, -0.2) is 0 Å². The van der Waals surface area contributed by atoms with Crippen molar-refractivity contribution in [3.05, 3.63) is 90.3 Å². The molecule has 8 heteroatoms. The van der Waals surface area contributed by atoms with Crippen molar-refractivity contribution in [2.45, 2.75) is 25.6 Å². The molecular formula is C26H26N4O3S. The van der Waals surface area contributed by atoms with E-state index in [0.717, 1.165) is 22.7 Å². The van der Waals surface area contributed by atoms with Crippen LogP contribution in [0.3, 0.4) is 0 Å². The number of anilines is 1. The molecule has 3 aromatic carbocycles. The number of nitrogens with one attached hydrogen (secondary N) is 1. The summed E-state index contributed by atoms with van der Waals surface area (Å²) in [5.41, 5.74) is 2.74. The molecule has 0 saturated carbocycles. The lowest BCUT2D eigenvalue weighted by Crippen LogP contribution is -2.14. The minimum Gasteiger partial charge on any atom is -0.494 e. The molecule has 1 N–H and O–H groups in total. The zero-order chi connectivity index (χ0) is 23.8. The Labute approximate surface area is 203 Å². The molecule has 34 heavy (non-hydrogen) atoms. The summed E-state index contributed by atoms with van der Waals surface area (Å²) < 4.78 is 13.3. The molecule has 4 rings (SSSR count). The van der Waals surface area contributed by atoms with Gasteiger partial charge in [0.2, 0.25) is 5.91 Å². The van der Waals surface area contributed by atoms with E-state index in [4.69, 9.17) is 9.47 Å². The van der Waals surface area contributed by atoms with Crippen molar-refractivity contribution >= 4 is 23.4 Å². The second-order valence-electron chi connectivity index (χ2n) is 7.47. The molecule has 0 unspecified atom stereocenters. The van der Waals surface area contributed by atoms with Crippen LogP contribution in [0.4, 0.5) is 5.69 Å². The molecule has 0 saturated heterocycles. The fourth-order valence-electron chi connectivity index (χ4n) is 3.31. The Bertz CT molecular complexity index is 1230. The van der Waals surface area contributed by atoms with Crippen molar-refractivity contribution in [2.75, 3.05) is 17.7 Å². The molecule has 0 spiro atoms. The first-order chi connectivity index (χ1) is 16.6.